The van der Waals surface area contributed by atoms with Crippen LogP contribution in [0.4, 0.5) is 0 Å². The van der Waals surface area contributed by atoms with E-state index in [1.807, 2.05) is 0 Å². The smallest absolute Gasteiger partial charge is 0.325 e. The average Bonchev–Trinajstić information content (AvgIpc) is 2.10. The van der Waals surface area contributed by atoms with Gasteiger partial charge in [0.15, 0.2) is 0 Å². The van der Waals surface area contributed by atoms with Crippen LogP contribution < -0.4 is 5.73 Å². The summed E-state index contributed by atoms with van der Waals surface area (Å²) >= 11 is 6.36. The van der Waals surface area contributed by atoms with Gasteiger partial charge >= 0.3 is 5.97 Å². The summed E-state index contributed by atoms with van der Waals surface area (Å²) in [5.41, 5.74) is 5.54. The number of aromatic hydroxyl groups is 1. The van der Waals surface area contributed by atoms with Gasteiger partial charge in [0.1, 0.15) is 11.8 Å². The second-order valence-electron chi connectivity index (χ2n) is 2.64. The van der Waals surface area contributed by atoms with Crippen molar-refractivity contribution in [2.45, 2.75) is 6.04 Å². The summed E-state index contributed by atoms with van der Waals surface area (Å²) < 4.78 is 1.28. The minimum absolute atomic E-state index is 0.144. The van der Waals surface area contributed by atoms with Crippen LogP contribution in [-0.2, 0) is 4.79 Å². The number of hydrogen-bond acceptors (Lipinski definition) is 3. The van der Waals surface area contributed by atoms with Crippen molar-refractivity contribution in [3.63, 3.8) is 0 Å². The number of hydrogen-bond donors (Lipinski definition) is 3. The Morgan fingerprint density at radius 2 is 1.86 bits per heavy atom. The van der Waals surface area contributed by atoms with Crippen molar-refractivity contribution in [3.05, 3.63) is 26.6 Å². The first kappa shape index (κ1) is 11.5. The average molecular weight is 325 g/mol. The number of phenols is 1. The van der Waals surface area contributed by atoms with E-state index >= 15 is 0 Å². The third-order valence-corrected chi connectivity index (χ3v) is 3.51. The lowest BCUT2D eigenvalue weighted by molar-refractivity contribution is -0.138. The van der Waals surface area contributed by atoms with Crippen molar-refractivity contribution in [1.82, 2.24) is 0 Å². The fourth-order valence-corrected chi connectivity index (χ4v) is 1.63. The minimum Gasteiger partial charge on any atom is -0.508 e. The summed E-state index contributed by atoms with van der Waals surface area (Å²) in [5, 5.41) is 18.1. The maximum atomic E-state index is 10.6. The van der Waals surface area contributed by atoms with Crippen molar-refractivity contribution < 1.29 is 15.0 Å². The Morgan fingerprint density at radius 1 is 1.36 bits per heavy atom. The fourth-order valence-electron chi connectivity index (χ4n) is 0.934. The van der Waals surface area contributed by atoms with Crippen molar-refractivity contribution in [2.75, 3.05) is 0 Å². The van der Waals surface area contributed by atoms with Gasteiger partial charge in [-0.3, -0.25) is 4.79 Å². The standard InChI is InChI=1S/C8H7Br2NO3/c9-4-1-3(7(11)8(13)14)6(12)2-5(4)10/h1-2,7,12H,11H2,(H,13,14)/t7-/m0/s1. The third kappa shape index (κ3) is 2.26. The Balaban J connectivity index is 3.22. The summed E-state index contributed by atoms with van der Waals surface area (Å²) in [4.78, 5) is 10.6. The zero-order valence-electron chi connectivity index (χ0n) is 6.87. The van der Waals surface area contributed by atoms with Crippen molar-refractivity contribution >= 4 is 37.8 Å². The largest absolute Gasteiger partial charge is 0.508 e. The molecule has 0 aliphatic heterocycles. The van der Waals surface area contributed by atoms with E-state index in [1.54, 1.807) is 0 Å². The van der Waals surface area contributed by atoms with E-state index in [0.29, 0.717) is 8.95 Å². The Bertz CT molecular complexity index is 381. The summed E-state index contributed by atoms with van der Waals surface area (Å²) in [6, 6.07) is 1.64. The summed E-state index contributed by atoms with van der Waals surface area (Å²) in [6.45, 7) is 0. The first-order valence-corrected chi connectivity index (χ1v) is 5.18. The number of halogens is 2. The molecular formula is C8H7Br2NO3. The molecule has 0 bridgehead atoms. The number of carbonyl (C=O) groups is 1. The highest BCUT2D eigenvalue weighted by Gasteiger charge is 2.19. The lowest BCUT2D eigenvalue weighted by Gasteiger charge is -2.10. The molecule has 6 heteroatoms. The first-order chi connectivity index (χ1) is 6.43. The number of carboxylic acid groups (broad SMARTS) is 1. The Hall–Kier alpha value is -0.590. The van der Waals surface area contributed by atoms with Crippen molar-refractivity contribution in [2.24, 2.45) is 5.73 Å². The van der Waals surface area contributed by atoms with Gasteiger partial charge in [-0.25, -0.2) is 0 Å². The number of phenolic OH excluding ortho intramolecular Hbond substituents is 1. The SMILES string of the molecule is N[C@H](C(=O)O)c1cc(Br)c(Br)cc1O. The van der Waals surface area contributed by atoms with Crippen LogP contribution in [0, 0.1) is 0 Å². The highest BCUT2D eigenvalue weighted by molar-refractivity contribution is 9.13. The molecule has 76 valence electrons. The number of nitrogens with two attached hydrogens (primary N) is 1. The zero-order chi connectivity index (χ0) is 10.9. The Kier molecular flexibility index (Phi) is 3.52. The highest BCUT2D eigenvalue weighted by atomic mass is 79.9. The topological polar surface area (TPSA) is 83.6 Å². The first-order valence-electron chi connectivity index (χ1n) is 3.59. The number of rotatable bonds is 2. The molecule has 0 saturated heterocycles. The van der Waals surface area contributed by atoms with Gasteiger partial charge in [-0.15, -0.1) is 0 Å². The molecule has 4 N–H and O–H groups in total. The summed E-state index contributed by atoms with van der Waals surface area (Å²) in [6.07, 6.45) is 0. The Labute approximate surface area is 97.0 Å². The van der Waals surface area contributed by atoms with Crippen LogP contribution in [0.1, 0.15) is 11.6 Å². The number of aliphatic carboxylic acids is 1. The Morgan fingerprint density at radius 3 is 2.36 bits per heavy atom. The third-order valence-electron chi connectivity index (χ3n) is 1.67. The molecule has 1 aromatic carbocycles. The molecule has 0 amide bonds. The molecule has 0 unspecified atom stereocenters. The molecule has 0 heterocycles. The molecule has 4 nitrogen and oxygen atoms in total. The normalized spacial score (nSPS) is 12.5. The molecule has 0 radical (unpaired) electrons. The predicted molar refractivity (Wildman–Crippen MR) is 58.1 cm³/mol. The fraction of sp³-hybridized carbons (Fsp3) is 0.125. The van der Waals surface area contributed by atoms with Gasteiger partial charge in [-0.2, -0.15) is 0 Å². The maximum Gasteiger partial charge on any atom is 0.325 e. The van der Waals surface area contributed by atoms with Crippen LogP contribution in [0.3, 0.4) is 0 Å². The molecule has 1 aromatic rings. The van der Waals surface area contributed by atoms with Crippen LogP contribution in [-0.4, -0.2) is 16.2 Å². The summed E-state index contributed by atoms with van der Waals surface area (Å²) in [5.74, 6) is -1.33. The van der Waals surface area contributed by atoms with Crippen LogP contribution >= 0.6 is 31.9 Å². The molecule has 0 aliphatic carbocycles. The van der Waals surface area contributed by atoms with Gasteiger partial charge < -0.3 is 15.9 Å². The van der Waals surface area contributed by atoms with Crippen LogP contribution in [0.2, 0.25) is 0 Å². The van der Waals surface area contributed by atoms with Crippen molar-refractivity contribution in [3.8, 4) is 5.75 Å². The molecule has 14 heavy (non-hydrogen) atoms. The van der Waals surface area contributed by atoms with Gasteiger partial charge in [-0.1, -0.05) is 0 Å². The van der Waals surface area contributed by atoms with Gasteiger partial charge in [0.25, 0.3) is 0 Å². The minimum atomic E-state index is -1.22. The second kappa shape index (κ2) is 4.29. The second-order valence-corrected chi connectivity index (χ2v) is 4.35. The highest BCUT2D eigenvalue weighted by Crippen LogP contribution is 2.33. The molecule has 0 fully saturated rings. The lowest BCUT2D eigenvalue weighted by Crippen LogP contribution is -2.20. The molecule has 0 aromatic heterocycles. The van der Waals surface area contributed by atoms with E-state index in [9.17, 15) is 9.90 Å². The van der Waals surface area contributed by atoms with E-state index in [0.717, 1.165) is 0 Å². The predicted octanol–water partition coefficient (Wildman–Crippen LogP) is 2.00. The van der Waals surface area contributed by atoms with E-state index in [1.165, 1.54) is 12.1 Å². The summed E-state index contributed by atoms with van der Waals surface area (Å²) in [7, 11) is 0. The van der Waals surface area contributed by atoms with Gasteiger partial charge in [0.05, 0.1) is 0 Å². The van der Waals surface area contributed by atoms with Crippen LogP contribution in [0.25, 0.3) is 0 Å². The monoisotopic (exact) mass is 323 g/mol. The molecule has 1 atom stereocenters. The zero-order valence-corrected chi connectivity index (χ0v) is 10.0. The molecular weight excluding hydrogens is 318 g/mol. The number of carboxylic acids is 1. The van der Waals surface area contributed by atoms with Gasteiger partial charge in [0, 0.05) is 14.5 Å². The van der Waals surface area contributed by atoms with E-state index in [-0.39, 0.29) is 11.3 Å². The van der Waals surface area contributed by atoms with Gasteiger partial charge in [-0.05, 0) is 44.0 Å². The molecule has 0 spiro atoms. The maximum absolute atomic E-state index is 10.6. The number of benzene rings is 1. The molecule has 0 saturated carbocycles. The van der Waals surface area contributed by atoms with Crippen LogP contribution in [0.15, 0.2) is 21.1 Å². The van der Waals surface area contributed by atoms with E-state index in [4.69, 9.17) is 10.8 Å². The van der Waals surface area contributed by atoms with Crippen molar-refractivity contribution in [1.29, 1.82) is 0 Å². The van der Waals surface area contributed by atoms with E-state index < -0.39 is 12.0 Å². The quantitative estimate of drug-likeness (QED) is 0.777. The van der Waals surface area contributed by atoms with E-state index in [2.05, 4.69) is 31.9 Å². The molecule has 1 rings (SSSR count). The molecule has 0 aliphatic rings. The van der Waals surface area contributed by atoms with Crippen LogP contribution in [0.5, 0.6) is 5.75 Å². The lowest BCUT2D eigenvalue weighted by atomic mass is 10.1. The van der Waals surface area contributed by atoms with Gasteiger partial charge in [0.2, 0.25) is 0 Å².